The van der Waals surface area contributed by atoms with Crippen molar-refractivity contribution in [2.75, 3.05) is 45.2 Å². The molecule has 0 radical (unpaired) electrons. The summed E-state index contributed by atoms with van der Waals surface area (Å²) in [5.41, 5.74) is 0. The number of ether oxygens (including phenoxy) is 1. The minimum absolute atomic E-state index is 0.139. The molecule has 2 aliphatic rings. The molecular formula is C13H25NO2S. The lowest BCUT2D eigenvalue weighted by Gasteiger charge is -2.44. The largest absolute Gasteiger partial charge is 0.394 e. The summed E-state index contributed by atoms with van der Waals surface area (Å²) in [6, 6.07) is 0. The highest BCUT2D eigenvalue weighted by Gasteiger charge is 2.36. The van der Waals surface area contributed by atoms with Gasteiger partial charge in [-0.2, -0.15) is 11.8 Å². The van der Waals surface area contributed by atoms with E-state index in [4.69, 9.17) is 9.84 Å². The first-order valence-electron chi connectivity index (χ1n) is 6.90. The van der Waals surface area contributed by atoms with E-state index in [9.17, 15) is 0 Å². The second kappa shape index (κ2) is 6.98. The van der Waals surface area contributed by atoms with Crippen LogP contribution < -0.4 is 0 Å². The molecule has 0 aromatic heterocycles. The first kappa shape index (κ1) is 13.7. The summed E-state index contributed by atoms with van der Waals surface area (Å²) in [5, 5.41) is 8.66. The van der Waals surface area contributed by atoms with E-state index >= 15 is 0 Å². The number of nitrogens with zero attached hydrogens (tertiary/aromatic N) is 1. The Bertz CT molecular complexity index is 214. The lowest BCUT2D eigenvalue weighted by Crippen LogP contribution is -2.48. The highest BCUT2D eigenvalue weighted by Crippen LogP contribution is 2.42. The molecular weight excluding hydrogens is 234 g/mol. The molecule has 1 heterocycles. The molecule has 2 rings (SSSR count). The van der Waals surface area contributed by atoms with Gasteiger partial charge in [-0.3, -0.25) is 4.90 Å². The van der Waals surface area contributed by atoms with Crippen molar-refractivity contribution in [1.29, 1.82) is 0 Å². The monoisotopic (exact) mass is 259 g/mol. The highest BCUT2D eigenvalue weighted by molar-refractivity contribution is 8.00. The van der Waals surface area contributed by atoms with Crippen LogP contribution in [0.3, 0.4) is 0 Å². The molecule has 1 spiro atoms. The van der Waals surface area contributed by atoms with Gasteiger partial charge >= 0.3 is 0 Å². The zero-order valence-electron chi connectivity index (χ0n) is 10.7. The van der Waals surface area contributed by atoms with Gasteiger partial charge < -0.3 is 9.84 Å². The van der Waals surface area contributed by atoms with Crippen LogP contribution in [0.4, 0.5) is 0 Å². The van der Waals surface area contributed by atoms with E-state index in [2.05, 4.69) is 16.7 Å². The quantitative estimate of drug-likeness (QED) is 0.763. The van der Waals surface area contributed by atoms with Crippen molar-refractivity contribution in [3.8, 4) is 0 Å². The predicted molar refractivity (Wildman–Crippen MR) is 72.6 cm³/mol. The summed E-state index contributed by atoms with van der Waals surface area (Å²) < 4.78 is 5.93. The van der Waals surface area contributed by atoms with Crippen molar-refractivity contribution in [1.82, 2.24) is 4.90 Å². The average Bonchev–Trinajstić information content (AvgIpc) is 2.36. The fourth-order valence-electron chi connectivity index (χ4n) is 2.97. The van der Waals surface area contributed by atoms with E-state index in [1.807, 2.05) is 0 Å². The molecule has 1 N–H and O–H groups in total. The van der Waals surface area contributed by atoms with Crippen LogP contribution in [0.5, 0.6) is 0 Å². The van der Waals surface area contributed by atoms with Crippen LogP contribution in [-0.4, -0.2) is 60.0 Å². The van der Waals surface area contributed by atoms with Crippen LogP contribution in [0.15, 0.2) is 0 Å². The Hall–Kier alpha value is 0.230. The van der Waals surface area contributed by atoms with Crippen LogP contribution in [0, 0.1) is 0 Å². The number of hydrogen-bond donors (Lipinski definition) is 1. The standard InChI is InChI=1S/C13H25NO2S/c15-8-10-16-9-6-14-7-11-17-13(12-14)4-2-1-3-5-13/h15H,1-12H2. The van der Waals surface area contributed by atoms with Crippen molar-refractivity contribution in [2.45, 2.75) is 36.9 Å². The third-order valence-corrected chi connectivity index (χ3v) is 5.42. The van der Waals surface area contributed by atoms with Crippen LogP contribution >= 0.6 is 11.8 Å². The third-order valence-electron chi connectivity index (χ3n) is 3.88. The van der Waals surface area contributed by atoms with Crippen LogP contribution in [0.25, 0.3) is 0 Å². The van der Waals surface area contributed by atoms with Crippen LogP contribution in [-0.2, 0) is 4.74 Å². The molecule has 1 saturated heterocycles. The molecule has 0 atom stereocenters. The molecule has 1 saturated carbocycles. The SMILES string of the molecule is OCCOCCN1CCSC2(CCCCC2)C1. The van der Waals surface area contributed by atoms with Gasteiger partial charge in [-0.1, -0.05) is 19.3 Å². The summed E-state index contributed by atoms with van der Waals surface area (Å²) in [6.07, 6.45) is 7.09. The van der Waals surface area contributed by atoms with Crippen molar-refractivity contribution in [3.05, 3.63) is 0 Å². The van der Waals surface area contributed by atoms with Gasteiger partial charge in [0.1, 0.15) is 0 Å². The maximum absolute atomic E-state index is 8.66. The Morgan fingerprint density at radius 2 is 2.00 bits per heavy atom. The number of aliphatic hydroxyl groups is 1. The number of aliphatic hydroxyl groups excluding tert-OH is 1. The first-order valence-corrected chi connectivity index (χ1v) is 7.88. The zero-order valence-corrected chi connectivity index (χ0v) is 11.5. The minimum Gasteiger partial charge on any atom is -0.394 e. The fourth-order valence-corrected chi connectivity index (χ4v) is 4.61. The van der Waals surface area contributed by atoms with Gasteiger partial charge in [0.25, 0.3) is 0 Å². The smallest absolute Gasteiger partial charge is 0.0698 e. The fraction of sp³-hybridized carbons (Fsp3) is 1.00. The van der Waals surface area contributed by atoms with Crippen molar-refractivity contribution in [3.63, 3.8) is 0 Å². The molecule has 0 amide bonds. The topological polar surface area (TPSA) is 32.7 Å². The van der Waals surface area contributed by atoms with Gasteiger partial charge in [0.05, 0.1) is 19.8 Å². The minimum atomic E-state index is 0.139. The van der Waals surface area contributed by atoms with E-state index in [1.54, 1.807) is 0 Å². The maximum atomic E-state index is 8.66. The van der Waals surface area contributed by atoms with E-state index in [-0.39, 0.29) is 6.61 Å². The van der Waals surface area contributed by atoms with Gasteiger partial charge in [-0.15, -0.1) is 0 Å². The average molecular weight is 259 g/mol. The molecule has 0 bridgehead atoms. The molecule has 0 unspecified atom stereocenters. The van der Waals surface area contributed by atoms with E-state index < -0.39 is 0 Å². The normalized spacial score (nSPS) is 25.2. The molecule has 1 aliphatic carbocycles. The van der Waals surface area contributed by atoms with E-state index in [0.29, 0.717) is 11.4 Å². The number of thioether (sulfide) groups is 1. The molecule has 100 valence electrons. The molecule has 1 aliphatic heterocycles. The molecule has 17 heavy (non-hydrogen) atoms. The Kier molecular flexibility index (Phi) is 5.60. The predicted octanol–water partition coefficient (Wildman–Crippen LogP) is 1.75. The highest BCUT2D eigenvalue weighted by atomic mass is 32.2. The van der Waals surface area contributed by atoms with Gasteiger partial charge in [0.2, 0.25) is 0 Å². The molecule has 2 fully saturated rings. The lowest BCUT2D eigenvalue weighted by molar-refractivity contribution is 0.0704. The van der Waals surface area contributed by atoms with Gasteiger partial charge in [0, 0.05) is 30.1 Å². The zero-order chi connectivity index (χ0) is 12.0. The second-order valence-electron chi connectivity index (χ2n) is 5.20. The third kappa shape index (κ3) is 4.12. The van der Waals surface area contributed by atoms with E-state index in [0.717, 1.165) is 13.2 Å². The summed E-state index contributed by atoms with van der Waals surface area (Å²) >= 11 is 2.21. The second-order valence-corrected chi connectivity index (χ2v) is 6.77. The summed E-state index contributed by atoms with van der Waals surface area (Å²) in [5.74, 6) is 1.28. The molecule has 3 nitrogen and oxygen atoms in total. The Balaban J connectivity index is 1.72. The Labute approximate surface area is 109 Å². The van der Waals surface area contributed by atoms with Crippen molar-refractivity contribution >= 4 is 11.8 Å². The van der Waals surface area contributed by atoms with Crippen molar-refractivity contribution < 1.29 is 9.84 Å². The summed E-state index contributed by atoms with van der Waals surface area (Å²) in [4.78, 5) is 2.55. The Morgan fingerprint density at radius 3 is 2.76 bits per heavy atom. The Morgan fingerprint density at radius 1 is 1.18 bits per heavy atom. The number of rotatable bonds is 5. The molecule has 4 heteroatoms. The van der Waals surface area contributed by atoms with Gasteiger partial charge in [-0.25, -0.2) is 0 Å². The van der Waals surface area contributed by atoms with Crippen LogP contribution in [0.1, 0.15) is 32.1 Å². The summed E-state index contributed by atoms with van der Waals surface area (Å²) in [6.45, 7) is 4.87. The van der Waals surface area contributed by atoms with Crippen molar-refractivity contribution in [2.24, 2.45) is 0 Å². The molecule has 0 aromatic rings. The number of hydrogen-bond acceptors (Lipinski definition) is 4. The first-order chi connectivity index (χ1) is 8.35. The van der Waals surface area contributed by atoms with Gasteiger partial charge in [0.15, 0.2) is 0 Å². The summed E-state index contributed by atoms with van der Waals surface area (Å²) in [7, 11) is 0. The van der Waals surface area contributed by atoms with E-state index in [1.165, 1.54) is 50.9 Å². The van der Waals surface area contributed by atoms with Crippen LogP contribution in [0.2, 0.25) is 0 Å². The molecule has 0 aromatic carbocycles. The maximum Gasteiger partial charge on any atom is 0.0698 e. The lowest BCUT2D eigenvalue weighted by atomic mass is 9.87. The van der Waals surface area contributed by atoms with Gasteiger partial charge in [-0.05, 0) is 12.8 Å².